The number of rotatable bonds is 20. The molecular weight excluding hydrogens is 618 g/mol. The Bertz CT molecular complexity index is 1550. The molecule has 0 aliphatic carbocycles. The molecule has 11 heteroatoms. The van der Waals surface area contributed by atoms with Crippen LogP contribution in [0.4, 0.5) is 11.4 Å². The number of ether oxygens (including phenoxy) is 2. The number of aliphatic hydroxyl groups is 2. The fraction of sp³-hybridized carbons (Fsp3) is 0.333. The van der Waals surface area contributed by atoms with Crippen LogP contribution in [0.5, 0.6) is 5.75 Å². The van der Waals surface area contributed by atoms with E-state index in [1.54, 1.807) is 42.5 Å². The predicted molar refractivity (Wildman–Crippen MR) is 184 cm³/mol. The molecule has 0 aliphatic heterocycles. The highest BCUT2D eigenvalue weighted by atomic mass is 32.1. The lowest BCUT2D eigenvalue weighted by Crippen LogP contribution is -2.22. The standard InChI is InChI=1S/C36H43N3O7S/c40-24-29-21-27(13-14-32(29)41)33(42)23-37-15-3-1-2-4-16-45-17-18-46-25-26-8-5-10-30(20-26)38-35(43)28-9-6-11-31(22-28)39-36(44)34-12-7-19-47-34/h5-14,19-22,33,37,40-42H,1-4,15-18,23-25H2,(H,38,43)(H,39,44)/t33-/m0/s1. The maximum Gasteiger partial charge on any atom is 0.265 e. The number of nitrogens with one attached hydrogen (secondary N) is 3. The molecule has 0 aliphatic rings. The third-order valence-corrected chi connectivity index (χ3v) is 8.21. The Hall–Kier alpha value is -4.10. The summed E-state index contributed by atoms with van der Waals surface area (Å²) in [5.41, 5.74) is 3.63. The second-order valence-corrected chi connectivity index (χ2v) is 12.0. The number of carbonyl (C=O) groups is 2. The van der Waals surface area contributed by atoms with Crippen LogP contribution in [0.3, 0.4) is 0 Å². The van der Waals surface area contributed by atoms with Crippen molar-refractivity contribution in [2.45, 2.75) is 45.0 Å². The average molecular weight is 662 g/mol. The molecule has 250 valence electrons. The van der Waals surface area contributed by atoms with Crippen molar-refractivity contribution in [3.63, 3.8) is 0 Å². The molecule has 47 heavy (non-hydrogen) atoms. The molecule has 1 atom stereocenters. The molecule has 0 fully saturated rings. The molecule has 6 N–H and O–H groups in total. The fourth-order valence-electron chi connectivity index (χ4n) is 4.79. The first-order valence-electron chi connectivity index (χ1n) is 15.7. The van der Waals surface area contributed by atoms with Crippen LogP contribution in [-0.4, -0.2) is 60.0 Å². The summed E-state index contributed by atoms with van der Waals surface area (Å²) in [6.07, 6.45) is 3.37. The Labute approximate surface area is 279 Å². The molecule has 10 nitrogen and oxygen atoms in total. The van der Waals surface area contributed by atoms with E-state index in [0.717, 1.165) is 37.8 Å². The van der Waals surface area contributed by atoms with Gasteiger partial charge in [0.1, 0.15) is 5.75 Å². The smallest absolute Gasteiger partial charge is 0.265 e. The van der Waals surface area contributed by atoms with Gasteiger partial charge in [-0.05, 0) is 84.4 Å². The van der Waals surface area contributed by atoms with Crippen molar-refractivity contribution < 1.29 is 34.4 Å². The highest BCUT2D eigenvalue weighted by Crippen LogP contribution is 2.22. The summed E-state index contributed by atoms with van der Waals surface area (Å²) in [5.74, 6) is -0.461. The van der Waals surface area contributed by atoms with Crippen molar-refractivity contribution in [1.29, 1.82) is 0 Å². The Morgan fingerprint density at radius 2 is 1.55 bits per heavy atom. The third-order valence-electron chi connectivity index (χ3n) is 7.34. The van der Waals surface area contributed by atoms with E-state index in [4.69, 9.17) is 9.47 Å². The van der Waals surface area contributed by atoms with Crippen LogP contribution in [-0.2, 0) is 22.7 Å². The van der Waals surface area contributed by atoms with E-state index in [2.05, 4.69) is 16.0 Å². The van der Waals surface area contributed by atoms with Crippen molar-refractivity contribution in [3.8, 4) is 5.75 Å². The summed E-state index contributed by atoms with van der Waals surface area (Å²) < 4.78 is 11.5. The van der Waals surface area contributed by atoms with E-state index in [1.807, 2.05) is 35.7 Å². The van der Waals surface area contributed by atoms with Crippen LogP contribution in [0.2, 0.25) is 0 Å². The van der Waals surface area contributed by atoms with Gasteiger partial charge in [0.15, 0.2) is 0 Å². The highest BCUT2D eigenvalue weighted by Gasteiger charge is 2.12. The van der Waals surface area contributed by atoms with Crippen molar-refractivity contribution >= 4 is 34.5 Å². The van der Waals surface area contributed by atoms with E-state index in [-0.39, 0.29) is 24.2 Å². The quantitative estimate of drug-likeness (QED) is 0.0645. The Kier molecular flexibility index (Phi) is 14.9. The SMILES string of the molecule is O=C(Nc1cccc(COCCOCCCCCCNC[C@H](O)c2ccc(O)c(CO)c2)c1)c1cccc(NC(=O)c2cccs2)c1. The maximum absolute atomic E-state index is 12.9. The molecule has 0 saturated carbocycles. The zero-order valence-electron chi connectivity index (χ0n) is 26.3. The number of amides is 2. The van der Waals surface area contributed by atoms with Crippen molar-refractivity contribution in [1.82, 2.24) is 5.32 Å². The molecular formula is C36H43N3O7S. The van der Waals surface area contributed by atoms with Crippen molar-refractivity contribution in [3.05, 3.63) is 111 Å². The zero-order chi connectivity index (χ0) is 33.3. The molecule has 3 aromatic carbocycles. The van der Waals surface area contributed by atoms with Crippen molar-refractivity contribution in [2.24, 2.45) is 0 Å². The van der Waals surface area contributed by atoms with Crippen LogP contribution in [0.1, 0.15) is 68.5 Å². The lowest BCUT2D eigenvalue weighted by Gasteiger charge is -2.14. The summed E-state index contributed by atoms with van der Waals surface area (Å²) in [6.45, 7) is 2.97. The number of phenols is 1. The first-order valence-corrected chi connectivity index (χ1v) is 16.6. The maximum atomic E-state index is 12.9. The van der Waals surface area contributed by atoms with Crippen LogP contribution in [0.15, 0.2) is 84.2 Å². The van der Waals surface area contributed by atoms with Gasteiger partial charge in [0.05, 0.1) is 37.4 Å². The second kappa shape index (κ2) is 19.5. The average Bonchev–Trinajstić information content (AvgIpc) is 3.63. The lowest BCUT2D eigenvalue weighted by molar-refractivity contribution is 0.0393. The van der Waals surface area contributed by atoms with Gasteiger partial charge in [-0.15, -0.1) is 11.3 Å². The number of aromatic hydroxyl groups is 1. The van der Waals surface area contributed by atoms with Gasteiger partial charge in [0, 0.05) is 35.7 Å². The molecule has 0 radical (unpaired) electrons. The molecule has 2 amide bonds. The normalized spacial score (nSPS) is 11.7. The molecule has 4 rings (SSSR count). The molecule has 0 spiro atoms. The molecule has 1 aromatic heterocycles. The van der Waals surface area contributed by atoms with E-state index in [0.29, 0.717) is 65.9 Å². The molecule has 0 bridgehead atoms. The van der Waals surface area contributed by atoms with Gasteiger partial charge in [-0.25, -0.2) is 0 Å². The van der Waals surface area contributed by atoms with E-state index >= 15 is 0 Å². The number of carbonyl (C=O) groups excluding carboxylic acids is 2. The summed E-state index contributed by atoms with van der Waals surface area (Å²) in [5, 5.41) is 40.1. The minimum Gasteiger partial charge on any atom is -0.508 e. The Balaban J connectivity index is 1.03. The van der Waals surface area contributed by atoms with Gasteiger partial charge in [0.2, 0.25) is 0 Å². The highest BCUT2D eigenvalue weighted by molar-refractivity contribution is 7.12. The van der Waals surface area contributed by atoms with Crippen LogP contribution in [0.25, 0.3) is 0 Å². The number of benzene rings is 3. The minimum atomic E-state index is -0.700. The minimum absolute atomic E-state index is 0.0254. The Morgan fingerprint density at radius 3 is 2.36 bits per heavy atom. The van der Waals surface area contributed by atoms with Gasteiger partial charge in [-0.3, -0.25) is 9.59 Å². The monoisotopic (exact) mass is 661 g/mol. The number of hydrogen-bond donors (Lipinski definition) is 6. The topological polar surface area (TPSA) is 149 Å². The van der Waals surface area contributed by atoms with Crippen molar-refractivity contribution in [2.75, 3.05) is 43.5 Å². The van der Waals surface area contributed by atoms with Gasteiger partial charge in [-0.1, -0.05) is 43.2 Å². The molecule has 1 heterocycles. The van der Waals surface area contributed by atoms with Crippen LogP contribution in [0, 0.1) is 0 Å². The number of unbranched alkanes of at least 4 members (excludes halogenated alkanes) is 3. The Morgan fingerprint density at radius 1 is 0.787 bits per heavy atom. The lowest BCUT2D eigenvalue weighted by atomic mass is 10.1. The number of hydrogen-bond acceptors (Lipinski definition) is 9. The number of aliphatic hydroxyl groups excluding tert-OH is 2. The molecule has 0 unspecified atom stereocenters. The van der Waals surface area contributed by atoms with Crippen LogP contribution >= 0.6 is 11.3 Å². The fourth-order valence-corrected chi connectivity index (χ4v) is 5.41. The van der Waals surface area contributed by atoms with Gasteiger partial charge in [0.25, 0.3) is 11.8 Å². The summed E-state index contributed by atoms with van der Waals surface area (Å²) in [4.78, 5) is 25.8. The van der Waals surface area contributed by atoms with Gasteiger partial charge in [-0.2, -0.15) is 0 Å². The first kappa shape index (κ1) is 35.7. The summed E-state index contributed by atoms with van der Waals surface area (Å²) in [6, 6.07) is 22.6. The predicted octanol–water partition coefficient (Wildman–Crippen LogP) is 5.87. The zero-order valence-corrected chi connectivity index (χ0v) is 27.1. The van der Waals surface area contributed by atoms with Gasteiger partial charge >= 0.3 is 0 Å². The second-order valence-electron chi connectivity index (χ2n) is 11.0. The molecule has 4 aromatic rings. The third kappa shape index (κ3) is 12.2. The number of thiophene rings is 1. The first-order chi connectivity index (χ1) is 22.9. The van der Waals surface area contributed by atoms with E-state index in [9.17, 15) is 24.9 Å². The molecule has 0 saturated heterocycles. The largest absolute Gasteiger partial charge is 0.508 e. The summed E-state index contributed by atoms with van der Waals surface area (Å²) >= 11 is 1.35. The summed E-state index contributed by atoms with van der Waals surface area (Å²) in [7, 11) is 0. The van der Waals surface area contributed by atoms with E-state index < -0.39 is 6.10 Å². The van der Waals surface area contributed by atoms with Gasteiger partial charge < -0.3 is 40.7 Å². The van der Waals surface area contributed by atoms with E-state index in [1.165, 1.54) is 17.4 Å². The van der Waals surface area contributed by atoms with Crippen LogP contribution < -0.4 is 16.0 Å². The number of anilines is 2.